The summed E-state index contributed by atoms with van der Waals surface area (Å²) in [6, 6.07) is 2.97. The third kappa shape index (κ3) is 8.95. The van der Waals surface area contributed by atoms with Gasteiger partial charge in [0.05, 0.1) is 17.7 Å². The van der Waals surface area contributed by atoms with E-state index in [9.17, 15) is 31.2 Å². The van der Waals surface area contributed by atoms with Crippen LogP contribution in [0.4, 0.5) is 23.7 Å². The summed E-state index contributed by atoms with van der Waals surface area (Å²) >= 11 is 0. The number of carbonyl (C=O) groups is 2. The van der Waals surface area contributed by atoms with E-state index in [1.54, 1.807) is 11.8 Å². The summed E-state index contributed by atoms with van der Waals surface area (Å²) in [5, 5.41) is 2.86. The highest BCUT2D eigenvalue weighted by molar-refractivity contribution is 7.92. The van der Waals surface area contributed by atoms with Crippen LogP contribution in [-0.4, -0.2) is 94.6 Å². The predicted molar refractivity (Wildman–Crippen MR) is 132 cm³/mol. The normalized spacial score (nSPS) is 21.8. The highest BCUT2D eigenvalue weighted by Crippen LogP contribution is 2.28. The fraction of sp³-hybridized carbons (Fsp3) is 0.652. The van der Waals surface area contributed by atoms with Crippen LogP contribution < -0.4 is 14.8 Å². The number of urea groups is 1. The van der Waals surface area contributed by atoms with Crippen molar-refractivity contribution in [2.75, 3.05) is 50.9 Å². The van der Waals surface area contributed by atoms with Gasteiger partial charge < -0.3 is 24.6 Å². The summed E-state index contributed by atoms with van der Waals surface area (Å²) in [4.78, 5) is 29.2. The molecule has 210 valence electrons. The number of hydrogen-bond acceptors (Lipinski definition) is 6. The lowest BCUT2D eigenvalue weighted by atomic mass is 10.0. The fourth-order valence-corrected chi connectivity index (χ4v) is 4.88. The molecule has 3 amide bonds. The first kappa shape index (κ1) is 30.5. The van der Waals surface area contributed by atoms with Crippen molar-refractivity contribution < 1.29 is 40.7 Å². The molecule has 1 aromatic carbocycles. The van der Waals surface area contributed by atoms with Crippen molar-refractivity contribution in [3.63, 3.8) is 0 Å². The van der Waals surface area contributed by atoms with Crippen LogP contribution >= 0.6 is 0 Å². The van der Waals surface area contributed by atoms with Crippen LogP contribution in [0.3, 0.4) is 0 Å². The van der Waals surface area contributed by atoms with Crippen LogP contribution in [-0.2, 0) is 14.8 Å². The molecule has 0 aliphatic carbocycles. The topological polar surface area (TPSA) is 117 Å². The molecule has 1 aliphatic heterocycles. The van der Waals surface area contributed by atoms with Crippen LogP contribution in [0.5, 0.6) is 5.75 Å². The Morgan fingerprint density at radius 2 is 1.92 bits per heavy atom. The number of methoxy groups -OCH3 is 1. The Hall–Kier alpha value is -2.74. The highest BCUT2D eigenvalue weighted by Gasteiger charge is 2.35. The van der Waals surface area contributed by atoms with Gasteiger partial charge >= 0.3 is 12.2 Å². The summed E-state index contributed by atoms with van der Waals surface area (Å²) < 4.78 is 75.2. The molecule has 3 atom stereocenters. The Morgan fingerprint density at radius 3 is 2.51 bits per heavy atom. The van der Waals surface area contributed by atoms with Crippen molar-refractivity contribution in [2.24, 2.45) is 5.92 Å². The molecule has 2 rings (SSSR count). The summed E-state index contributed by atoms with van der Waals surface area (Å²) in [5.74, 6) is -2.68. The van der Waals surface area contributed by atoms with Crippen molar-refractivity contribution in [3.05, 3.63) is 23.8 Å². The number of amides is 3. The number of anilines is 1. The first-order chi connectivity index (χ1) is 17.2. The van der Waals surface area contributed by atoms with Crippen molar-refractivity contribution in [1.82, 2.24) is 15.1 Å². The molecular formula is C23H35F3N4O6S. The van der Waals surface area contributed by atoms with Gasteiger partial charge in [-0.25, -0.2) is 13.2 Å². The van der Waals surface area contributed by atoms with Crippen molar-refractivity contribution in [1.29, 1.82) is 0 Å². The van der Waals surface area contributed by atoms with Gasteiger partial charge in [-0.3, -0.25) is 9.52 Å². The van der Waals surface area contributed by atoms with Gasteiger partial charge in [0.1, 0.15) is 12.4 Å². The second-order valence-corrected chi connectivity index (χ2v) is 10.9. The minimum absolute atomic E-state index is 0.00700. The molecule has 0 saturated heterocycles. The lowest BCUT2D eigenvalue weighted by Gasteiger charge is -2.36. The molecule has 0 bridgehead atoms. The molecule has 1 aromatic rings. The average molecular weight is 553 g/mol. The lowest BCUT2D eigenvalue weighted by molar-refractivity contribution is -0.106. The van der Waals surface area contributed by atoms with E-state index in [0.29, 0.717) is 13.1 Å². The molecule has 0 radical (unpaired) electrons. The van der Waals surface area contributed by atoms with E-state index in [1.807, 2.05) is 18.6 Å². The second kappa shape index (κ2) is 12.7. The summed E-state index contributed by atoms with van der Waals surface area (Å²) in [7, 11) is -1.73. The zero-order valence-corrected chi connectivity index (χ0v) is 22.4. The van der Waals surface area contributed by atoms with Crippen molar-refractivity contribution in [3.8, 4) is 5.75 Å². The van der Waals surface area contributed by atoms with E-state index in [1.165, 1.54) is 31.2 Å². The standard InChI is InChI=1S/C23H35F3N4O6S/c1-6-9-27-22(32)30-11-15(2)20(35-5)12-29(4)21(31)18-10-17(7-8-19(18)36-13-16(30)3)28-37(33,34)14-23(24,25)26/h7-8,10,15-16,20,28H,6,9,11-14H2,1-5H3,(H,27,32)/t15-,16+,20+/m1/s1. The highest BCUT2D eigenvalue weighted by atomic mass is 32.2. The Balaban J connectivity index is 2.44. The minimum atomic E-state index is -4.93. The zero-order chi connectivity index (χ0) is 28.0. The van der Waals surface area contributed by atoms with E-state index in [2.05, 4.69) is 5.32 Å². The number of halogens is 3. The first-order valence-corrected chi connectivity index (χ1v) is 13.5. The van der Waals surface area contributed by atoms with Gasteiger partial charge in [-0.15, -0.1) is 0 Å². The van der Waals surface area contributed by atoms with Crippen molar-refractivity contribution >= 4 is 27.6 Å². The number of fused-ring (bicyclic) bond motifs is 1. The average Bonchev–Trinajstić information content (AvgIpc) is 2.79. The van der Waals surface area contributed by atoms with Gasteiger partial charge in [0.2, 0.25) is 10.0 Å². The number of sulfonamides is 1. The lowest BCUT2D eigenvalue weighted by Crippen LogP contribution is -2.51. The van der Waals surface area contributed by atoms with Gasteiger partial charge in [0, 0.05) is 45.4 Å². The maximum Gasteiger partial charge on any atom is 0.404 e. The molecular weight excluding hydrogens is 517 g/mol. The van der Waals surface area contributed by atoms with E-state index in [0.717, 1.165) is 12.5 Å². The monoisotopic (exact) mass is 552 g/mol. The Kier molecular flexibility index (Phi) is 10.4. The van der Waals surface area contributed by atoms with Crippen LogP contribution in [0.25, 0.3) is 0 Å². The van der Waals surface area contributed by atoms with Gasteiger partial charge in [-0.2, -0.15) is 13.2 Å². The van der Waals surface area contributed by atoms with Gasteiger partial charge in [0.25, 0.3) is 5.91 Å². The Bertz CT molecular complexity index is 1050. The van der Waals surface area contributed by atoms with Gasteiger partial charge in [-0.05, 0) is 31.5 Å². The number of benzene rings is 1. The number of nitrogens with one attached hydrogen (secondary N) is 2. The molecule has 10 nitrogen and oxygen atoms in total. The number of nitrogens with zero attached hydrogens (tertiary/aromatic N) is 2. The summed E-state index contributed by atoms with van der Waals surface area (Å²) in [6.07, 6.45) is -4.62. The first-order valence-electron chi connectivity index (χ1n) is 11.8. The molecule has 0 fully saturated rings. The number of carbonyl (C=O) groups excluding carboxylic acids is 2. The van der Waals surface area contributed by atoms with Crippen molar-refractivity contribution in [2.45, 2.75) is 45.5 Å². The third-order valence-corrected chi connectivity index (χ3v) is 7.11. The molecule has 14 heteroatoms. The second-order valence-electron chi connectivity index (χ2n) is 9.17. The van der Waals surface area contributed by atoms with Crippen LogP contribution in [0, 0.1) is 5.92 Å². The zero-order valence-electron chi connectivity index (χ0n) is 21.6. The molecule has 0 aromatic heterocycles. The molecule has 0 saturated carbocycles. The van der Waals surface area contributed by atoms with Gasteiger partial charge in [0.15, 0.2) is 5.75 Å². The van der Waals surface area contributed by atoms with Gasteiger partial charge in [-0.1, -0.05) is 13.8 Å². The maximum absolute atomic E-state index is 13.3. The van der Waals surface area contributed by atoms with E-state index in [-0.39, 0.29) is 42.1 Å². The molecule has 2 N–H and O–H groups in total. The molecule has 0 unspecified atom stereocenters. The predicted octanol–water partition coefficient (Wildman–Crippen LogP) is 2.92. The third-order valence-electron chi connectivity index (χ3n) is 5.86. The molecule has 0 spiro atoms. The number of alkyl halides is 3. The number of ether oxygens (including phenoxy) is 2. The van der Waals surface area contributed by atoms with E-state index in [4.69, 9.17) is 9.47 Å². The largest absolute Gasteiger partial charge is 0.491 e. The maximum atomic E-state index is 13.3. The van der Waals surface area contributed by atoms with E-state index >= 15 is 0 Å². The smallest absolute Gasteiger partial charge is 0.404 e. The molecule has 1 heterocycles. The number of rotatable bonds is 6. The molecule has 37 heavy (non-hydrogen) atoms. The SMILES string of the molecule is CCCNC(=O)N1C[C@@H](C)[C@@H](OC)CN(C)C(=O)c2cc(NS(=O)(=O)CC(F)(F)F)ccc2OC[C@@H]1C. The van der Waals surface area contributed by atoms with E-state index < -0.39 is 40.0 Å². The summed E-state index contributed by atoms with van der Waals surface area (Å²) in [6.45, 7) is 6.61. The quantitative estimate of drug-likeness (QED) is 0.561. The minimum Gasteiger partial charge on any atom is -0.491 e. The fourth-order valence-electron chi connectivity index (χ4n) is 3.89. The summed E-state index contributed by atoms with van der Waals surface area (Å²) in [5.41, 5.74) is -0.266. The Labute approximate surface area is 215 Å². The van der Waals surface area contributed by atoms with Crippen LogP contribution in [0.15, 0.2) is 18.2 Å². The number of likely N-dealkylation sites (N-methyl/N-ethyl adjacent to an activating group) is 1. The Morgan fingerprint density at radius 1 is 1.24 bits per heavy atom. The number of hydrogen-bond donors (Lipinski definition) is 2. The van der Waals surface area contributed by atoms with Crippen LogP contribution in [0.1, 0.15) is 37.6 Å². The van der Waals surface area contributed by atoms with Crippen LogP contribution in [0.2, 0.25) is 0 Å². The molecule has 1 aliphatic rings.